The highest BCUT2D eigenvalue weighted by molar-refractivity contribution is 5.10. The molecule has 1 aromatic heterocycles. The molecule has 0 unspecified atom stereocenters. The quantitative estimate of drug-likeness (QED) is 0.747. The Morgan fingerprint density at radius 2 is 2.46 bits per heavy atom. The van der Waals surface area contributed by atoms with Crippen LogP contribution in [0.15, 0.2) is 12.3 Å². The van der Waals surface area contributed by atoms with E-state index in [-0.39, 0.29) is 0 Å². The van der Waals surface area contributed by atoms with Crippen LogP contribution in [0.4, 0.5) is 0 Å². The van der Waals surface area contributed by atoms with Crippen LogP contribution in [0, 0.1) is 0 Å². The first kappa shape index (κ1) is 8.75. The molecule has 13 heavy (non-hydrogen) atoms. The Hall–Kier alpha value is -0.830. The van der Waals surface area contributed by atoms with Crippen LogP contribution in [-0.2, 0) is 6.54 Å². The molecule has 0 aromatic carbocycles. The van der Waals surface area contributed by atoms with Gasteiger partial charge in [-0.25, -0.2) is 0 Å². The average Bonchev–Trinajstić information content (AvgIpc) is 2.71. The minimum Gasteiger partial charge on any atom is -0.328 e. The van der Waals surface area contributed by atoms with Gasteiger partial charge in [-0.05, 0) is 32.3 Å². The molecule has 2 atom stereocenters. The van der Waals surface area contributed by atoms with Crippen LogP contribution in [0.2, 0.25) is 0 Å². The van der Waals surface area contributed by atoms with Crippen molar-refractivity contribution in [2.24, 2.45) is 5.73 Å². The predicted octanol–water partition coefficient (Wildman–Crippen LogP) is 1.50. The number of nitrogens with zero attached hydrogens (tertiary/aromatic N) is 2. The lowest BCUT2D eigenvalue weighted by atomic mass is 10.0. The number of hydrogen-bond acceptors (Lipinski definition) is 2. The Morgan fingerprint density at radius 3 is 3.08 bits per heavy atom. The van der Waals surface area contributed by atoms with Crippen molar-refractivity contribution in [3.05, 3.63) is 18.0 Å². The molecular formula is C10H17N3. The molecule has 0 saturated heterocycles. The van der Waals surface area contributed by atoms with E-state index in [1.54, 1.807) is 0 Å². The summed E-state index contributed by atoms with van der Waals surface area (Å²) in [6, 6.07) is 2.54. The second kappa shape index (κ2) is 3.50. The summed E-state index contributed by atoms with van der Waals surface area (Å²) in [5, 5.41) is 4.28. The molecule has 0 bridgehead atoms. The van der Waals surface area contributed by atoms with Gasteiger partial charge in [-0.15, -0.1) is 0 Å². The Kier molecular flexibility index (Phi) is 2.36. The van der Waals surface area contributed by atoms with Crippen LogP contribution >= 0.6 is 0 Å². The fraction of sp³-hybridized carbons (Fsp3) is 0.700. The van der Waals surface area contributed by atoms with Gasteiger partial charge in [0.05, 0.1) is 0 Å². The van der Waals surface area contributed by atoms with E-state index in [1.807, 2.05) is 6.20 Å². The highest BCUT2D eigenvalue weighted by atomic mass is 15.3. The molecule has 1 fully saturated rings. The smallest absolute Gasteiger partial charge is 0.0492 e. The second-order valence-corrected chi connectivity index (χ2v) is 3.84. The zero-order chi connectivity index (χ0) is 9.26. The lowest BCUT2D eigenvalue weighted by Crippen LogP contribution is -2.15. The molecule has 0 radical (unpaired) electrons. The van der Waals surface area contributed by atoms with E-state index >= 15 is 0 Å². The van der Waals surface area contributed by atoms with Gasteiger partial charge < -0.3 is 5.73 Å². The first-order chi connectivity index (χ1) is 6.31. The van der Waals surface area contributed by atoms with Crippen molar-refractivity contribution in [1.82, 2.24) is 9.78 Å². The first-order valence-corrected chi connectivity index (χ1v) is 5.08. The number of rotatable bonds is 2. The molecule has 0 aliphatic heterocycles. The maximum Gasteiger partial charge on any atom is 0.0492 e. The van der Waals surface area contributed by atoms with Crippen molar-refractivity contribution < 1.29 is 0 Å². The summed E-state index contributed by atoms with van der Waals surface area (Å²) in [6.07, 6.45) is 5.42. The van der Waals surface area contributed by atoms with Gasteiger partial charge in [-0.3, -0.25) is 4.68 Å². The molecule has 2 rings (SSSR count). The largest absolute Gasteiger partial charge is 0.328 e. The fourth-order valence-electron chi connectivity index (χ4n) is 2.24. The third-order valence-corrected chi connectivity index (χ3v) is 2.94. The van der Waals surface area contributed by atoms with E-state index in [1.165, 1.54) is 18.5 Å². The van der Waals surface area contributed by atoms with Crippen LogP contribution in [0.3, 0.4) is 0 Å². The minimum absolute atomic E-state index is 0.408. The average molecular weight is 179 g/mol. The maximum absolute atomic E-state index is 5.89. The summed E-state index contributed by atoms with van der Waals surface area (Å²) in [6.45, 7) is 3.10. The highest BCUT2D eigenvalue weighted by Gasteiger charge is 2.25. The third-order valence-electron chi connectivity index (χ3n) is 2.94. The monoisotopic (exact) mass is 179 g/mol. The summed E-state index contributed by atoms with van der Waals surface area (Å²) < 4.78 is 2.09. The Bertz CT molecular complexity index is 279. The maximum atomic E-state index is 5.89. The van der Waals surface area contributed by atoms with Crippen molar-refractivity contribution >= 4 is 0 Å². The molecule has 1 saturated carbocycles. The van der Waals surface area contributed by atoms with E-state index in [0.717, 1.165) is 13.0 Å². The molecule has 0 spiro atoms. The van der Waals surface area contributed by atoms with E-state index in [9.17, 15) is 0 Å². The Morgan fingerprint density at radius 1 is 1.62 bits per heavy atom. The summed E-state index contributed by atoms with van der Waals surface area (Å²) >= 11 is 0. The predicted molar refractivity (Wildman–Crippen MR) is 52.5 cm³/mol. The summed E-state index contributed by atoms with van der Waals surface area (Å²) in [4.78, 5) is 0. The van der Waals surface area contributed by atoms with Crippen LogP contribution in [0.1, 0.15) is 37.8 Å². The van der Waals surface area contributed by atoms with E-state index in [2.05, 4.69) is 22.8 Å². The molecular weight excluding hydrogens is 162 g/mol. The van der Waals surface area contributed by atoms with Crippen LogP contribution in [-0.4, -0.2) is 15.8 Å². The highest BCUT2D eigenvalue weighted by Crippen LogP contribution is 2.33. The summed E-state index contributed by atoms with van der Waals surface area (Å²) in [7, 11) is 0. The summed E-state index contributed by atoms with van der Waals surface area (Å²) in [5.74, 6) is 0.650. The van der Waals surface area contributed by atoms with Crippen LogP contribution in [0.5, 0.6) is 0 Å². The van der Waals surface area contributed by atoms with Gasteiger partial charge in [0, 0.05) is 30.4 Å². The topological polar surface area (TPSA) is 43.8 Å². The van der Waals surface area contributed by atoms with Crippen molar-refractivity contribution in [1.29, 1.82) is 0 Å². The van der Waals surface area contributed by atoms with Crippen molar-refractivity contribution in [3.63, 3.8) is 0 Å². The zero-order valence-corrected chi connectivity index (χ0v) is 8.11. The molecule has 72 valence electrons. The van der Waals surface area contributed by atoms with Crippen molar-refractivity contribution in [2.45, 2.75) is 44.7 Å². The van der Waals surface area contributed by atoms with Gasteiger partial charge in [0.1, 0.15) is 0 Å². The molecule has 2 N–H and O–H groups in total. The lowest BCUT2D eigenvalue weighted by Gasteiger charge is -2.11. The number of hydrogen-bond donors (Lipinski definition) is 1. The number of nitrogens with two attached hydrogens (primary N) is 1. The van der Waals surface area contributed by atoms with Crippen LogP contribution < -0.4 is 5.73 Å². The van der Waals surface area contributed by atoms with Gasteiger partial charge in [0.25, 0.3) is 0 Å². The van der Waals surface area contributed by atoms with Crippen LogP contribution in [0.25, 0.3) is 0 Å². The van der Waals surface area contributed by atoms with Crippen molar-refractivity contribution in [3.8, 4) is 0 Å². The van der Waals surface area contributed by atoms with Gasteiger partial charge in [0.2, 0.25) is 0 Å². The Balaban J connectivity index is 2.16. The van der Waals surface area contributed by atoms with Gasteiger partial charge in [-0.1, -0.05) is 0 Å². The SMILES string of the molecule is CCn1nccc1[C@@H]1CC[C@@H](N)C1. The molecule has 0 amide bonds. The second-order valence-electron chi connectivity index (χ2n) is 3.84. The number of aryl methyl sites for hydroxylation is 1. The molecule has 1 aliphatic rings. The van der Waals surface area contributed by atoms with E-state index < -0.39 is 0 Å². The molecule has 3 heteroatoms. The van der Waals surface area contributed by atoms with Gasteiger partial charge in [0.15, 0.2) is 0 Å². The molecule has 1 aliphatic carbocycles. The fourth-order valence-corrected chi connectivity index (χ4v) is 2.24. The molecule has 3 nitrogen and oxygen atoms in total. The van der Waals surface area contributed by atoms with Crippen molar-refractivity contribution in [2.75, 3.05) is 0 Å². The minimum atomic E-state index is 0.408. The number of aromatic nitrogens is 2. The van der Waals surface area contributed by atoms with Gasteiger partial charge >= 0.3 is 0 Å². The molecule has 1 heterocycles. The normalized spacial score (nSPS) is 28.2. The van der Waals surface area contributed by atoms with Gasteiger partial charge in [-0.2, -0.15) is 5.10 Å². The zero-order valence-electron chi connectivity index (χ0n) is 8.11. The first-order valence-electron chi connectivity index (χ1n) is 5.08. The molecule has 1 aromatic rings. The lowest BCUT2D eigenvalue weighted by molar-refractivity contribution is 0.563. The third kappa shape index (κ3) is 1.61. The standard InChI is InChI=1S/C10H17N3/c1-2-13-10(5-6-12-13)8-3-4-9(11)7-8/h5-6,8-9H,2-4,7,11H2,1H3/t8-,9-/m1/s1. The summed E-state index contributed by atoms with van der Waals surface area (Å²) in [5.41, 5.74) is 7.26. The van der Waals surface area contributed by atoms with E-state index in [4.69, 9.17) is 5.73 Å². The Labute approximate surface area is 78.9 Å². The van der Waals surface area contributed by atoms with E-state index in [0.29, 0.717) is 12.0 Å².